The number of aliphatic carboxylic acids is 1. The molecule has 7 N–H and O–H groups in total. The molecular formula is C17H34N4O4S. The van der Waals surface area contributed by atoms with Crippen molar-refractivity contribution in [2.24, 2.45) is 17.4 Å². The van der Waals surface area contributed by atoms with Crippen molar-refractivity contribution in [2.75, 3.05) is 18.6 Å². The second kappa shape index (κ2) is 13.8. The van der Waals surface area contributed by atoms with E-state index < -0.39 is 35.9 Å². The largest absolute Gasteiger partial charge is 0.480 e. The van der Waals surface area contributed by atoms with Crippen LogP contribution in [0, 0.1) is 5.92 Å². The van der Waals surface area contributed by atoms with Crippen molar-refractivity contribution in [1.29, 1.82) is 0 Å². The molecule has 8 nitrogen and oxygen atoms in total. The van der Waals surface area contributed by atoms with Gasteiger partial charge in [-0.25, -0.2) is 4.79 Å². The highest BCUT2D eigenvalue weighted by atomic mass is 32.2. The number of nitrogens with two attached hydrogens (primary N) is 2. The minimum absolute atomic E-state index is 0.0175. The molecule has 0 saturated carbocycles. The van der Waals surface area contributed by atoms with Gasteiger partial charge in [-0.2, -0.15) is 11.8 Å². The second-order valence-corrected chi connectivity index (χ2v) is 7.42. The third-order valence-corrected chi connectivity index (χ3v) is 5.01. The second-order valence-electron chi connectivity index (χ2n) is 6.44. The zero-order valence-corrected chi connectivity index (χ0v) is 16.8. The van der Waals surface area contributed by atoms with Crippen LogP contribution >= 0.6 is 11.8 Å². The number of nitrogens with one attached hydrogen (secondary N) is 2. The maximum absolute atomic E-state index is 12.5. The minimum Gasteiger partial charge on any atom is -0.480 e. The first kappa shape index (κ1) is 24.7. The van der Waals surface area contributed by atoms with Gasteiger partial charge in [0.2, 0.25) is 11.8 Å². The van der Waals surface area contributed by atoms with Gasteiger partial charge in [0.15, 0.2) is 0 Å². The first-order chi connectivity index (χ1) is 12.3. The van der Waals surface area contributed by atoms with Crippen LogP contribution in [-0.2, 0) is 14.4 Å². The number of carbonyl (C=O) groups excluding carboxylic acids is 2. The number of carboxylic acids is 1. The molecule has 0 bridgehead atoms. The number of hydrogen-bond donors (Lipinski definition) is 5. The number of amides is 2. The fourth-order valence-electron chi connectivity index (χ4n) is 2.31. The average molecular weight is 391 g/mol. The molecule has 0 radical (unpaired) electrons. The molecule has 0 unspecified atom stereocenters. The monoisotopic (exact) mass is 390 g/mol. The summed E-state index contributed by atoms with van der Waals surface area (Å²) in [6.45, 7) is 4.29. The van der Waals surface area contributed by atoms with E-state index in [0.717, 1.165) is 6.42 Å². The van der Waals surface area contributed by atoms with Gasteiger partial charge in [-0.1, -0.05) is 20.3 Å². The molecule has 0 heterocycles. The van der Waals surface area contributed by atoms with Gasteiger partial charge in [0.1, 0.15) is 12.1 Å². The SMILES string of the molecule is CC[C@H](C)[C@H](N)C(=O)N[C@@H](CCCCN)C(=O)N[C@@H](CCSC)C(=O)O. The minimum atomic E-state index is -1.09. The Kier molecular flexibility index (Phi) is 13.1. The Hall–Kier alpha value is -1.32. The van der Waals surface area contributed by atoms with Crippen LogP contribution in [0.15, 0.2) is 0 Å². The third kappa shape index (κ3) is 9.40. The number of carboxylic acid groups (broad SMARTS) is 1. The van der Waals surface area contributed by atoms with Gasteiger partial charge in [-0.05, 0) is 50.2 Å². The molecule has 26 heavy (non-hydrogen) atoms. The van der Waals surface area contributed by atoms with Gasteiger partial charge in [-0.3, -0.25) is 9.59 Å². The molecule has 0 aromatic heterocycles. The van der Waals surface area contributed by atoms with Gasteiger partial charge in [-0.15, -0.1) is 0 Å². The Labute approximate surface area is 160 Å². The number of hydrogen-bond acceptors (Lipinski definition) is 6. The van der Waals surface area contributed by atoms with E-state index in [4.69, 9.17) is 11.5 Å². The van der Waals surface area contributed by atoms with Crippen LogP contribution in [-0.4, -0.2) is 59.6 Å². The Morgan fingerprint density at radius 3 is 2.19 bits per heavy atom. The quantitative estimate of drug-likeness (QED) is 0.268. The molecule has 152 valence electrons. The average Bonchev–Trinajstić information content (AvgIpc) is 2.62. The van der Waals surface area contributed by atoms with Crippen molar-refractivity contribution in [2.45, 2.75) is 64.1 Å². The summed E-state index contributed by atoms with van der Waals surface area (Å²) in [5.74, 6) is -1.39. The van der Waals surface area contributed by atoms with Crippen LogP contribution in [0.25, 0.3) is 0 Å². The number of carbonyl (C=O) groups is 3. The van der Waals surface area contributed by atoms with Crippen LogP contribution < -0.4 is 22.1 Å². The van der Waals surface area contributed by atoms with Crippen molar-refractivity contribution < 1.29 is 19.5 Å². The van der Waals surface area contributed by atoms with E-state index in [-0.39, 0.29) is 5.92 Å². The summed E-state index contributed by atoms with van der Waals surface area (Å²) < 4.78 is 0. The van der Waals surface area contributed by atoms with Gasteiger partial charge in [0, 0.05) is 0 Å². The van der Waals surface area contributed by atoms with Crippen molar-refractivity contribution >= 4 is 29.5 Å². The fraction of sp³-hybridized carbons (Fsp3) is 0.824. The molecule has 0 aromatic carbocycles. The molecule has 0 spiro atoms. The molecular weight excluding hydrogens is 356 g/mol. The maximum Gasteiger partial charge on any atom is 0.326 e. The normalized spacial score (nSPS) is 15.6. The highest BCUT2D eigenvalue weighted by Crippen LogP contribution is 2.08. The smallest absolute Gasteiger partial charge is 0.326 e. The first-order valence-corrected chi connectivity index (χ1v) is 10.5. The van der Waals surface area contributed by atoms with Gasteiger partial charge in [0.25, 0.3) is 0 Å². The van der Waals surface area contributed by atoms with E-state index in [1.54, 1.807) is 0 Å². The predicted octanol–water partition coefficient (Wildman–Crippen LogP) is 0.296. The summed E-state index contributed by atoms with van der Waals surface area (Å²) in [5, 5.41) is 14.5. The topological polar surface area (TPSA) is 148 Å². The lowest BCUT2D eigenvalue weighted by molar-refractivity contribution is -0.142. The van der Waals surface area contributed by atoms with Gasteiger partial charge >= 0.3 is 5.97 Å². The van der Waals surface area contributed by atoms with Crippen molar-refractivity contribution in [3.63, 3.8) is 0 Å². The van der Waals surface area contributed by atoms with Crippen molar-refractivity contribution in [3.8, 4) is 0 Å². The van der Waals surface area contributed by atoms with E-state index >= 15 is 0 Å². The van der Waals surface area contributed by atoms with Crippen LogP contribution in [0.3, 0.4) is 0 Å². The third-order valence-electron chi connectivity index (χ3n) is 4.36. The summed E-state index contributed by atoms with van der Waals surface area (Å²) in [6.07, 6.45) is 4.68. The summed E-state index contributed by atoms with van der Waals surface area (Å²) in [4.78, 5) is 36.2. The van der Waals surface area contributed by atoms with E-state index in [0.29, 0.717) is 38.0 Å². The predicted molar refractivity (Wildman–Crippen MR) is 105 cm³/mol. The Bertz CT molecular complexity index is 450. The zero-order chi connectivity index (χ0) is 20.1. The molecule has 0 aliphatic carbocycles. The maximum atomic E-state index is 12.5. The molecule has 0 aliphatic rings. The van der Waals surface area contributed by atoms with E-state index in [9.17, 15) is 19.5 Å². The lowest BCUT2D eigenvalue weighted by Gasteiger charge is -2.24. The van der Waals surface area contributed by atoms with Crippen LogP contribution in [0.1, 0.15) is 46.0 Å². The molecule has 0 aliphatic heterocycles. The lowest BCUT2D eigenvalue weighted by atomic mass is 9.98. The van der Waals surface area contributed by atoms with E-state index in [1.807, 2.05) is 20.1 Å². The van der Waals surface area contributed by atoms with Crippen molar-refractivity contribution in [3.05, 3.63) is 0 Å². The lowest BCUT2D eigenvalue weighted by Crippen LogP contribution is -2.55. The summed E-state index contributed by atoms with van der Waals surface area (Å²) in [6, 6.07) is -2.51. The van der Waals surface area contributed by atoms with E-state index in [1.165, 1.54) is 11.8 Å². The first-order valence-electron chi connectivity index (χ1n) is 9.06. The molecule has 0 saturated heterocycles. The molecule has 0 fully saturated rings. The van der Waals surface area contributed by atoms with Crippen molar-refractivity contribution in [1.82, 2.24) is 10.6 Å². The molecule has 0 aromatic rings. The Morgan fingerprint density at radius 1 is 1.08 bits per heavy atom. The summed E-state index contributed by atoms with van der Waals surface area (Å²) in [5.41, 5.74) is 11.4. The zero-order valence-electron chi connectivity index (χ0n) is 16.0. The molecule has 4 atom stereocenters. The van der Waals surface area contributed by atoms with Crippen LogP contribution in [0.4, 0.5) is 0 Å². The Morgan fingerprint density at radius 2 is 1.69 bits per heavy atom. The number of unbranched alkanes of at least 4 members (excludes halogenated alkanes) is 1. The van der Waals surface area contributed by atoms with Crippen LogP contribution in [0.5, 0.6) is 0 Å². The molecule has 2 amide bonds. The Balaban J connectivity index is 4.99. The fourth-order valence-corrected chi connectivity index (χ4v) is 2.78. The summed E-state index contributed by atoms with van der Waals surface area (Å²) in [7, 11) is 0. The molecule has 9 heteroatoms. The highest BCUT2D eigenvalue weighted by Gasteiger charge is 2.28. The standard InChI is InChI=1S/C17H34N4O4S/c1-4-11(2)14(19)16(23)20-12(7-5-6-9-18)15(22)21-13(17(24)25)8-10-26-3/h11-14H,4-10,18-19H2,1-3H3,(H,20,23)(H,21,22)(H,24,25)/t11-,12-,13-,14-/m0/s1. The van der Waals surface area contributed by atoms with Crippen LogP contribution in [0.2, 0.25) is 0 Å². The number of thioether (sulfide) groups is 1. The van der Waals surface area contributed by atoms with Gasteiger partial charge < -0.3 is 27.2 Å². The molecule has 0 rings (SSSR count). The number of rotatable bonds is 14. The highest BCUT2D eigenvalue weighted by molar-refractivity contribution is 7.98. The summed E-state index contributed by atoms with van der Waals surface area (Å²) >= 11 is 1.51. The van der Waals surface area contributed by atoms with E-state index in [2.05, 4.69) is 10.6 Å². The van der Waals surface area contributed by atoms with Gasteiger partial charge in [0.05, 0.1) is 6.04 Å².